The van der Waals surface area contributed by atoms with Gasteiger partial charge in [-0.05, 0) is 24.3 Å². The summed E-state index contributed by atoms with van der Waals surface area (Å²) in [5.74, 6) is 4.29. The van der Waals surface area contributed by atoms with Crippen LogP contribution in [-0.2, 0) is 0 Å². The van der Waals surface area contributed by atoms with Crippen molar-refractivity contribution in [3.63, 3.8) is 0 Å². The Labute approximate surface area is 125 Å². The second-order valence-electron chi connectivity index (χ2n) is 4.16. The summed E-state index contributed by atoms with van der Waals surface area (Å²) >= 11 is 5.71. The molecule has 1 amide bonds. The van der Waals surface area contributed by atoms with Gasteiger partial charge in [-0.15, -0.1) is 0 Å². The van der Waals surface area contributed by atoms with Crippen molar-refractivity contribution in [2.24, 2.45) is 0 Å². The van der Waals surface area contributed by atoms with Crippen LogP contribution in [0.25, 0.3) is 0 Å². The summed E-state index contributed by atoms with van der Waals surface area (Å²) < 4.78 is 13.8. The zero-order valence-electron chi connectivity index (χ0n) is 10.9. The van der Waals surface area contributed by atoms with Crippen LogP contribution < -0.4 is 5.32 Å². The summed E-state index contributed by atoms with van der Waals surface area (Å²) in [5.41, 5.74) is 0.813. The van der Waals surface area contributed by atoms with Gasteiger partial charge in [0.2, 0.25) is 0 Å². The van der Waals surface area contributed by atoms with Crippen LogP contribution in [0.4, 0.5) is 10.1 Å². The highest BCUT2D eigenvalue weighted by molar-refractivity contribution is 6.31. The first-order valence-corrected chi connectivity index (χ1v) is 6.52. The molecule has 0 saturated carbocycles. The van der Waals surface area contributed by atoms with Crippen LogP contribution in [0.5, 0.6) is 0 Å². The predicted molar refractivity (Wildman–Crippen MR) is 78.7 cm³/mol. The molecule has 108 valence electrons. The Morgan fingerprint density at radius 1 is 1.43 bits per heavy atom. The highest BCUT2D eigenvalue weighted by atomic mass is 35.5. The van der Waals surface area contributed by atoms with E-state index in [1.54, 1.807) is 6.07 Å². The summed E-state index contributed by atoms with van der Waals surface area (Å²) in [6.45, 7) is -0.0680. The Balaban J connectivity index is 2.10. The average Bonchev–Trinajstić information content (AvgIpc) is 2.88. The zero-order valence-corrected chi connectivity index (χ0v) is 11.7. The van der Waals surface area contributed by atoms with Crippen molar-refractivity contribution in [3.05, 3.63) is 52.6 Å². The van der Waals surface area contributed by atoms with E-state index in [0.29, 0.717) is 10.7 Å². The Bertz CT molecular complexity index is 716. The minimum atomic E-state index is -0.539. The first kappa shape index (κ1) is 15.1. The first-order chi connectivity index (χ1) is 10.1. The van der Waals surface area contributed by atoms with E-state index < -0.39 is 11.7 Å². The topological polar surface area (TPSA) is 65.1 Å². The fourth-order valence-electron chi connectivity index (χ4n) is 1.61. The van der Waals surface area contributed by atoms with E-state index in [9.17, 15) is 9.18 Å². The standard InChI is InChI=1S/C15H12ClFN2O2/c16-11-7-14(18-9-11)15(21)19-12-5-4-10(13(17)8-12)3-1-2-6-20/h4-5,7-9,18,20H,2,6H2,(H,19,21). The zero-order chi connectivity index (χ0) is 15.2. The van der Waals surface area contributed by atoms with Crippen LogP contribution in [0.1, 0.15) is 22.5 Å². The molecule has 3 N–H and O–H groups in total. The van der Waals surface area contributed by atoms with Crippen molar-refractivity contribution in [1.29, 1.82) is 0 Å². The number of carbonyl (C=O) groups excluding carboxylic acids is 1. The van der Waals surface area contributed by atoms with Gasteiger partial charge < -0.3 is 15.4 Å². The monoisotopic (exact) mass is 306 g/mol. The van der Waals surface area contributed by atoms with Gasteiger partial charge >= 0.3 is 0 Å². The Hall–Kier alpha value is -2.29. The fourth-order valence-corrected chi connectivity index (χ4v) is 1.77. The van der Waals surface area contributed by atoms with Crippen LogP contribution in [0.2, 0.25) is 5.02 Å². The summed E-state index contributed by atoms with van der Waals surface area (Å²) in [6.07, 6.45) is 1.77. The molecule has 1 aromatic carbocycles. The van der Waals surface area contributed by atoms with Crippen LogP contribution >= 0.6 is 11.6 Å². The number of H-pyrrole nitrogens is 1. The number of hydrogen-bond donors (Lipinski definition) is 3. The minimum absolute atomic E-state index is 0.0680. The highest BCUT2D eigenvalue weighted by Crippen LogP contribution is 2.16. The second-order valence-corrected chi connectivity index (χ2v) is 4.59. The van der Waals surface area contributed by atoms with Gasteiger partial charge in [0, 0.05) is 18.3 Å². The molecule has 0 atom stereocenters. The van der Waals surface area contributed by atoms with Gasteiger partial charge in [-0.3, -0.25) is 4.79 Å². The number of anilines is 1. The van der Waals surface area contributed by atoms with Gasteiger partial charge in [-0.25, -0.2) is 4.39 Å². The van der Waals surface area contributed by atoms with E-state index in [1.165, 1.54) is 24.4 Å². The summed E-state index contributed by atoms with van der Waals surface area (Å²) in [4.78, 5) is 14.6. The SMILES string of the molecule is O=C(Nc1ccc(C#CCCO)c(F)c1)c1cc(Cl)c[nH]1. The smallest absolute Gasteiger partial charge is 0.272 e. The number of amides is 1. The van der Waals surface area contributed by atoms with Gasteiger partial charge in [0.25, 0.3) is 5.91 Å². The summed E-state index contributed by atoms with van der Waals surface area (Å²) in [7, 11) is 0. The molecule has 0 aliphatic heterocycles. The molecule has 0 spiro atoms. The molecule has 0 bridgehead atoms. The molecule has 0 aliphatic rings. The minimum Gasteiger partial charge on any atom is -0.395 e. The number of carbonyl (C=O) groups is 1. The molecule has 2 aromatic rings. The van der Waals surface area contributed by atoms with Crippen molar-refractivity contribution in [2.75, 3.05) is 11.9 Å². The number of benzene rings is 1. The number of aliphatic hydroxyl groups is 1. The molecule has 21 heavy (non-hydrogen) atoms. The molecule has 1 aromatic heterocycles. The average molecular weight is 307 g/mol. The Morgan fingerprint density at radius 2 is 2.24 bits per heavy atom. The third kappa shape index (κ3) is 4.09. The lowest BCUT2D eigenvalue weighted by atomic mass is 10.2. The Kier molecular flexibility index (Phi) is 4.99. The third-order valence-corrected chi connectivity index (χ3v) is 2.80. The van der Waals surface area contributed by atoms with E-state index in [-0.39, 0.29) is 24.3 Å². The van der Waals surface area contributed by atoms with E-state index in [0.717, 1.165) is 0 Å². The van der Waals surface area contributed by atoms with Crippen molar-refractivity contribution < 1.29 is 14.3 Å². The summed E-state index contributed by atoms with van der Waals surface area (Å²) in [5, 5.41) is 11.6. The van der Waals surface area contributed by atoms with Crippen LogP contribution in [0, 0.1) is 17.7 Å². The number of halogens is 2. The largest absolute Gasteiger partial charge is 0.395 e. The number of rotatable bonds is 3. The van der Waals surface area contributed by atoms with Gasteiger partial charge in [0.15, 0.2) is 0 Å². The van der Waals surface area contributed by atoms with Crippen molar-refractivity contribution in [2.45, 2.75) is 6.42 Å². The van der Waals surface area contributed by atoms with Crippen LogP contribution in [0.3, 0.4) is 0 Å². The Morgan fingerprint density at radius 3 is 2.86 bits per heavy atom. The van der Waals surface area contributed by atoms with E-state index in [4.69, 9.17) is 16.7 Å². The van der Waals surface area contributed by atoms with Crippen LogP contribution in [0.15, 0.2) is 30.5 Å². The number of nitrogens with one attached hydrogen (secondary N) is 2. The second kappa shape index (κ2) is 6.93. The maximum Gasteiger partial charge on any atom is 0.272 e. The lowest BCUT2D eigenvalue weighted by Gasteiger charge is -2.04. The molecule has 2 rings (SSSR count). The molecule has 0 saturated heterocycles. The highest BCUT2D eigenvalue weighted by Gasteiger charge is 2.09. The van der Waals surface area contributed by atoms with E-state index >= 15 is 0 Å². The molecule has 0 radical (unpaired) electrons. The number of aromatic nitrogens is 1. The molecule has 6 heteroatoms. The lowest BCUT2D eigenvalue weighted by Crippen LogP contribution is -2.12. The molecular formula is C15H12ClFN2O2. The molecule has 0 aliphatic carbocycles. The quantitative estimate of drug-likeness (QED) is 0.763. The van der Waals surface area contributed by atoms with Crippen molar-refractivity contribution in [1.82, 2.24) is 4.98 Å². The van der Waals surface area contributed by atoms with Crippen LogP contribution in [-0.4, -0.2) is 22.6 Å². The van der Waals surface area contributed by atoms with Gasteiger partial charge in [-0.2, -0.15) is 0 Å². The molecule has 4 nitrogen and oxygen atoms in total. The number of aromatic amines is 1. The first-order valence-electron chi connectivity index (χ1n) is 6.14. The van der Waals surface area contributed by atoms with Gasteiger partial charge in [0.1, 0.15) is 11.5 Å². The predicted octanol–water partition coefficient (Wildman–Crippen LogP) is 2.79. The van der Waals surface area contributed by atoms with Gasteiger partial charge in [-0.1, -0.05) is 23.4 Å². The maximum absolute atomic E-state index is 13.8. The molecule has 1 heterocycles. The van der Waals surface area contributed by atoms with Crippen molar-refractivity contribution in [3.8, 4) is 11.8 Å². The summed E-state index contributed by atoms with van der Waals surface area (Å²) in [6, 6.07) is 5.68. The molecule has 0 fully saturated rings. The van der Waals surface area contributed by atoms with E-state index in [1.807, 2.05) is 0 Å². The normalized spacial score (nSPS) is 9.86. The molecular weight excluding hydrogens is 295 g/mol. The van der Waals surface area contributed by atoms with Crippen molar-refractivity contribution >= 4 is 23.2 Å². The third-order valence-electron chi connectivity index (χ3n) is 2.58. The lowest BCUT2D eigenvalue weighted by molar-refractivity contribution is 0.102. The molecule has 0 unspecified atom stereocenters. The number of aliphatic hydroxyl groups excluding tert-OH is 1. The van der Waals surface area contributed by atoms with E-state index in [2.05, 4.69) is 22.1 Å². The maximum atomic E-state index is 13.8. The van der Waals surface area contributed by atoms with Gasteiger partial charge in [0.05, 0.1) is 17.2 Å². The fraction of sp³-hybridized carbons (Fsp3) is 0.133. The number of hydrogen-bond acceptors (Lipinski definition) is 2.